The quantitative estimate of drug-likeness (QED) is 0.780. The number of fused-ring (bicyclic) bond motifs is 1. The molecule has 0 saturated heterocycles. The zero-order valence-corrected chi connectivity index (χ0v) is 11.7. The summed E-state index contributed by atoms with van der Waals surface area (Å²) in [5, 5.41) is 13.5. The van der Waals surface area contributed by atoms with E-state index in [0.717, 1.165) is 24.3 Å². The highest BCUT2D eigenvalue weighted by atomic mass is 16.4. The van der Waals surface area contributed by atoms with Gasteiger partial charge in [-0.1, -0.05) is 6.07 Å². The Morgan fingerprint density at radius 2 is 2.14 bits per heavy atom. The summed E-state index contributed by atoms with van der Waals surface area (Å²) in [6.45, 7) is 3.41. The number of aryl methyl sites for hydroxylation is 3. The Morgan fingerprint density at radius 1 is 1.29 bits per heavy atom. The van der Waals surface area contributed by atoms with Crippen molar-refractivity contribution in [2.75, 3.05) is 0 Å². The van der Waals surface area contributed by atoms with E-state index in [1.54, 1.807) is 18.3 Å². The van der Waals surface area contributed by atoms with Crippen molar-refractivity contribution >= 4 is 17.0 Å². The van der Waals surface area contributed by atoms with Crippen molar-refractivity contribution in [1.29, 1.82) is 0 Å². The van der Waals surface area contributed by atoms with E-state index >= 15 is 0 Å². The fourth-order valence-corrected chi connectivity index (χ4v) is 2.57. The Bertz CT molecular complexity index is 774. The predicted molar refractivity (Wildman–Crippen MR) is 78.3 cm³/mol. The summed E-state index contributed by atoms with van der Waals surface area (Å²) in [6.07, 6.45) is 4.53. The van der Waals surface area contributed by atoms with E-state index in [9.17, 15) is 9.90 Å². The molecule has 21 heavy (non-hydrogen) atoms. The van der Waals surface area contributed by atoms with Crippen LogP contribution in [0.25, 0.3) is 11.0 Å². The average molecular weight is 284 g/mol. The van der Waals surface area contributed by atoms with Crippen molar-refractivity contribution in [2.24, 2.45) is 0 Å². The van der Waals surface area contributed by atoms with Gasteiger partial charge in [-0.2, -0.15) is 5.10 Å². The fraction of sp³-hybridized carbons (Fsp3) is 0.267. The minimum absolute atomic E-state index is 0.298. The molecular formula is C15H16N4O2. The van der Waals surface area contributed by atoms with Crippen LogP contribution in [-0.4, -0.2) is 30.4 Å². The highest BCUT2D eigenvalue weighted by Gasteiger charge is 2.15. The second-order valence-corrected chi connectivity index (χ2v) is 4.91. The molecule has 108 valence electrons. The second kappa shape index (κ2) is 5.40. The SMILES string of the molecule is Cc1nc2cccc(C(=O)O)c2n1CCCn1cccn1. The number of carboxylic acid groups (broad SMARTS) is 1. The van der Waals surface area contributed by atoms with Crippen molar-refractivity contribution in [3.8, 4) is 0 Å². The van der Waals surface area contributed by atoms with Crippen molar-refractivity contribution in [3.05, 3.63) is 48.0 Å². The molecule has 0 aliphatic heterocycles. The van der Waals surface area contributed by atoms with Crippen molar-refractivity contribution in [3.63, 3.8) is 0 Å². The smallest absolute Gasteiger partial charge is 0.337 e. The minimum atomic E-state index is -0.922. The fourth-order valence-electron chi connectivity index (χ4n) is 2.57. The number of hydrogen-bond acceptors (Lipinski definition) is 3. The lowest BCUT2D eigenvalue weighted by Crippen LogP contribution is -2.08. The molecule has 1 N–H and O–H groups in total. The summed E-state index contributed by atoms with van der Waals surface area (Å²) < 4.78 is 3.84. The van der Waals surface area contributed by atoms with Crippen LogP contribution < -0.4 is 0 Å². The summed E-state index contributed by atoms with van der Waals surface area (Å²) in [4.78, 5) is 15.8. The standard InChI is InChI=1S/C15H16N4O2/c1-11-17-13-6-2-5-12(15(20)21)14(13)19(11)10-4-9-18-8-3-7-16-18/h2-3,5-8H,4,9-10H2,1H3,(H,20,21). The summed E-state index contributed by atoms with van der Waals surface area (Å²) in [7, 11) is 0. The first kappa shape index (κ1) is 13.4. The topological polar surface area (TPSA) is 72.9 Å². The van der Waals surface area contributed by atoms with Gasteiger partial charge in [0.25, 0.3) is 0 Å². The molecule has 0 unspecified atom stereocenters. The Balaban J connectivity index is 1.90. The molecule has 0 fully saturated rings. The number of aromatic carboxylic acids is 1. The van der Waals surface area contributed by atoms with Crippen LogP contribution in [0.2, 0.25) is 0 Å². The van der Waals surface area contributed by atoms with Crippen LogP contribution in [0.5, 0.6) is 0 Å². The van der Waals surface area contributed by atoms with Crippen molar-refractivity contribution in [2.45, 2.75) is 26.4 Å². The Hall–Kier alpha value is -2.63. The van der Waals surface area contributed by atoms with E-state index in [-0.39, 0.29) is 0 Å². The monoisotopic (exact) mass is 284 g/mol. The lowest BCUT2D eigenvalue weighted by molar-refractivity contribution is 0.0698. The van der Waals surface area contributed by atoms with Gasteiger partial charge in [-0.15, -0.1) is 0 Å². The Kier molecular flexibility index (Phi) is 3.43. The molecule has 0 amide bonds. The molecule has 2 heterocycles. The van der Waals surface area contributed by atoms with Gasteiger partial charge in [0.1, 0.15) is 5.82 Å². The van der Waals surface area contributed by atoms with E-state index in [2.05, 4.69) is 10.1 Å². The number of aromatic nitrogens is 4. The molecule has 0 spiro atoms. The number of hydrogen-bond donors (Lipinski definition) is 1. The molecule has 6 heteroatoms. The van der Waals surface area contributed by atoms with Crippen LogP contribution >= 0.6 is 0 Å². The molecule has 3 rings (SSSR count). The van der Waals surface area contributed by atoms with Crippen molar-refractivity contribution < 1.29 is 9.90 Å². The maximum Gasteiger partial charge on any atom is 0.337 e. The molecule has 0 aliphatic carbocycles. The second-order valence-electron chi connectivity index (χ2n) is 4.91. The van der Waals surface area contributed by atoms with E-state index in [4.69, 9.17) is 0 Å². The first-order chi connectivity index (χ1) is 10.2. The Labute approximate surface area is 121 Å². The third kappa shape index (κ3) is 2.52. The lowest BCUT2D eigenvalue weighted by atomic mass is 10.2. The summed E-state index contributed by atoms with van der Waals surface area (Å²) in [6, 6.07) is 7.08. The van der Waals surface area contributed by atoms with Gasteiger partial charge in [0.05, 0.1) is 16.6 Å². The van der Waals surface area contributed by atoms with Gasteiger partial charge in [0.15, 0.2) is 0 Å². The van der Waals surface area contributed by atoms with E-state index < -0.39 is 5.97 Å². The van der Waals surface area contributed by atoms with Crippen LogP contribution in [-0.2, 0) is 13.1 Å². The molecule has 6 nitrogen and oxygen atoms in total. The van der Waals surface area contributed by atoms with Gasteiger partial charge in [-0.05, 0) is 31.5 Å². The van der Waals surface area contributed by atoms with Crippen LogP contribution in [0.1, 0.15) is 22.6 Å². The molecule has 2 aromatic heterocycles. The largest absolute Gasteiger partial charge is 0.478 e. The van der Waals surface area contributed by atoms with Crippen LogP contribution in [0.3, 0.4) is 0 Å². The highest BCUT2D eigenvalue weighted by Crippen LogP contribution is 2.21. The number of nitrogens with zero attached hydrogens (tertiary/aromatic N) is 4. The molecule has 0 atom stereocenters. The minimum Gasteiger partial charge on any atom is -0.478 e. The number of carbonyl (C=O) groups is 1. The summed E-state index contributed by atoms with van der Waals surface area (Å²) in [5.41, 5.74) is 1.72. The number of benzene rings is 1. The van der Waals surface area contributed by atoms with E-state index in [0.29, 0.717) is 17.6 Å². The first-order valence-electron chi connectivity index (χ1n) is 6.83. The molecule has 1 aromatic carbocycles. The van der Waals surface area contributed by atoms with Gasteiger partial charge in [-0.25, -0.2) is 9.78 Å². The average Bonchev–Trinajstić information content (AvgIpc) is 3.06. The van der Waals surface area contributed by atoms with Gasteiger partial charge >= 0.3 is 5.97 Å². The van der Waals surface area contributed by atoms with Crippen LogP contribution in [0.15, 0.2) is 36.7 Å². The summed E-state index contributed by atoms with van der Waals surface area (Å²) >= 11 is 0. The molecule has 0 saturated carbocycles. The third-order valence-corrected chi connectivity index (χ3v) is 3.52. The van der Waals surface area contributed by atoms with Gasteiger partial charge < -0.3 is 9.67 Å². The molecule has 0 aliphatic rings. The lowest BCUT2D eigenvalue weighted by Gasteiger charge is -2.08. The number of para-hydroxylation sites is 1. The van der Waals surface area contributed by atoms with Crippen LogP contribution in [0.4, 0.5) is 0 Å². The maximum atomic E-state index is 11.4. The zero-order chi connectivity index (χ0) is 14.8. The number of rotatable bonds is 5. The van der Waals surface area contributed by atoms with E-state index in [1.165, 1.54) is 0 Å². The normalized spacial score (nSPS) is 11.1. The van der Waals surface area contributed by atoms with Crippen molar-refractivity contribution in [1.82, 2.24) is 19.3 Å². The molecule has 3 aromatic rings. The number of carboxylic acids is 1. The highest BCUT2D eigenvalue weighted by molar-refractivity contribution is 6.01. The molecule has 0 bridgehead atoms. The van der Waals surface area contributed by atoms with Crippen LogP contribution in [0, 0.1) is 6.92 Å². The molecule has 0 radical (unpaired) electrons. The summed E-state index contributed by atoms with van der Waals surface area (Å²) in [5.74, 6) is -0.0898. The van der Waals surface area contributed by atoms with Gasteiger partial charge in [0, 0.05) is 25.5 Å². The molecular weight excluding hydrogens is 268 g/mol. The van der Waals surface area contributed by atoms with Gasteiger partial charge in [0.2, 0.25) is 0 Å². The first-order valence-corrected chi connectivity index (χ1v) is 6.83. The zero-order valence-electron chi connectivity index (χ0n) is 11.7. The number of imidazole rings is 1. The Morgan fingerprint density at radius 3 is 2.86 bits per heavy atom. The van der Waals surface area contributed by atoms with Gasteiger partial charge in [-0.3, -0.25) is 4.68 Å². The predicted octanol–water partition coefficient (Wildman–Crippen LogP) is 2.33. The maximum absolute atomic E-state index is 11.4. The third-order valence-electron chi connectivity index (χ3n) is 3.52. The van der Waals surface area contributed by atoms with E-state index in [1.807, 2.05) is 34.5 Å².